The Balaban J connectivity index is 1.76. The van der Waals surface area contributed by atoms with E-state index >= 15 is 0 Å². The number of likely N-dealkylation sites (N-methyl/N-ethyl adjacent to an activating group) is 1. The molecule has 1 aromatic carbocycles. The lowest BCUT2D eigenvalue weighted by molar-refractivity contribution is -0.122. The lowest BCUT2D eigenvalue weighted by Crippen LogP contribution is -2.48. The molecule has 3 heterocycles. The molecule has 35 heavy (non-hydrogen) atoms. The number of halogens is 1. The number of hydrogen-bond donors (Lipinski definition) is 0. The van der Waals surface area contributed by atoms with Crippen LogP contribution >= 0.6 is 35.6 Å². The number of rotatable bonds is 5. The Bertz CT molecular complexity index is 1320. The minimum atomic E-state index is -0.332. The average Bonchev–Trinajstić information content (AvgIpc) is 3.12. The number of carbonyl (C=O) groups is 1. The molecule has 2 saturated heterocycles. The number of thiocarbonyl (C=S) groups is 1. The van der Waals surface area contributed by atoms with Crippen LogP contribution in [0.3, 0.4) is 0 Å². The Morgan fingerprint density at radius 3 is 2.51 bits per heavy atom. The number of anilines is 1. The molecule has 182 valence electrons. The molecule has 2 aliphatic rings. The van der Waals surface area contributed by atoms with Crippen molar-refractivity contribution in [3.63, 3.8) is 0 Å². The van der Waals surface area contributed by atoms with Gasteiger partial charge in [-0.15, -0.1) is 0 Å². The zero-order valence-electron chi connectivity index (χ0n) is 19.9. The number of nitriles is 1. The lowest BCUT2D eigenvalue weighted by atomic mass is 10.0. The Morgan fingerprint density at radius 2 is 1.89 bits per heavy atom. The highest BCUT2D eigenvalue weighted by atomic mass is 35.5. The average molecular weight is 528 g/mol. The van der Waals surface area contributed by atoms with Gasteiger partial charge in [0.25, 0.3) is 11.5 Å². The van der Waals surface area contributed by atoms with Crippen molar-refractivity contribution in [1.29, 1.82) is 5.26 Å². The van der Waals surface area contributed by atoms with Crippen molar-refractivity contribution in [3.05, 3.63) is 66.8 Å². The Labute approximate surface area is 219 Å². The predicted octanol–water partition coefficient (Wildman–Crippen LogP) is 3.76. The summed E-state index contributed by atoms with van der Waals surface area (Å²) in [6.45, 7) is 8.41. The van der Waals surface area contributed by atoms with Crippen LogP contribution in [-0.4, -0.2) is 57.3 Å². The number of benzene rings is 1. The molecule has 2 aliphatic heterocycles. The van der Waals surface area contributed by atoms with E-state index in [1.165, 1.54) is 21.2 Å². The fourth-order valence-electron chi connectivity index (χ4n) is 4.43. The monoisotopic (exact) mass is 527 g/mol. The van der Waals surface area contributed by atoms with Gasteiger partial charge in [0.15, 0.2) is 0 Å². The van der Waals surface area contributed by atoms with Gasteiger partial charge in [-0.1, -0.05) is 60.7 Å². The maximum Gasteiger partial charge on any atom is 0.270 e. The van der Waals surface area contributed by atoms with Crippen molar-refractivity contribution in [2.45, 2.75) is 20.4 Å². The van der Waals surface area contributed by atoms with Gasteiger partial charge in [-0.3, -0.25) is 19.1 Å². The van der Waals surface area contributed by atoms with Crippen LogP contribution in [0.5, 0.6) is 0 Å². The van der Waals surface area contributed by atoms with Gasteiger partial charge < -0.3 is 9.80 Å². The summed E-state index contributed by atoms with van der Waals surface area (Å²) >= 11 is 13.1. The van der Waals surface area contributed by atoms with Gasteiger partial charge >= 0.3 is 0 Å². The standard InChI is InChI=1S/C25H26ClN5O2S2/c1-4-29-9-11-30(12-10-29)22-18(16(2)19(14-27)23(32)28(22)3)13-21-24(33)31(25(34)35-21)15-17-7-5-6-8-20(17)26/h5-8,13H,4,9-12,15H2,1-3H3/b21-13-. The molecule has 4 rings (SSSR count). The van der Waals surface area contributed by atoms with Crippen molar-refractivity contribution in [2.24, 2.45) is 7.05 Å². The topological polar surface area (TPSA) is 72.6 Å². The molecule has 1 amide bonds. The minimum Gasteiger partial charge on any atom is -0.355 e. The first-order valence-corrected chi connectivity index (χ1v) is 13.0. The number of hydrogen-bond acceptors (Lipinski definition) is 7. The van der Waals surface area contributed by atoms with E-state index in [0.29, 0.717) is 25.4 Å². The molecule has 0 saturated carbocycles. The van der Waals surface area contributed by atoms with Crippen LogP contribution in [0, 0.1) is 18.3 Å². The summed E-state index contributed by atoms with van der Waals surface area (Å²) in [4.78, 5) is 32.9. The van der Waals surface area contributed by atoms with E-state index in [2.05, 4.69) is 22.8 Å². The molecular formula is C25H26ClN5O2S2. The van der Waals surface area contributed by atoms with Crippen LogP contribution in [0.15, 0.2) is 34.0 Å². The van der Waals surface area contributed by atoms with E-state index in [1.54, 1.807) is 26.1 Å². The normalized spacial score (nSPS) is 18.0. The van der Waals surface area contributed by atoms with Crippen molar-refractivity contribution in [3.8, 4) is 6.07 Å². The first-order chi connectivity index (χ1) is 16.8. The zero-order valence-corrected chi connectivity index (χ0v) is 22.3. The summed E-state index contributed by atoms with van der Waals surface area (Å²) < 4.78 is 1.98. The van der Waals surface area contributed by atoms with Gasteiger partial charge in [0.1, 0.15) is 21.8 Å². The maximum absolute atomic E-state index is 13.4. The summed E-state index contributed by atoms with van der Waals surface area (Å²) in [5.41, 5.74) is 1.83. The summed E-state index contributed by atoms with van der Waals surface area (Å²) in [5, 5.41) is 10.3. The molecule has 0 N–H and O–H groups in total. The SMILES string of the molecule is CCN1CCN(c2c(/C=C3\SC(=S)N(Cc4ccccc4Cl)C3=O)c(C)c(C#N)c(=O)n2C)CC1. The van der Waals surface area contributed by atoms with Crippen LogP contribution in [0.2, 0.25) is 5.02 Å². The van der Waals surface area contributed by atoms with E-state index in [-0.39, 0.29) is 23.6 Å². The third-order valence-corrected chi connectivity index (χ3v) is 8.27. The van der Waals surface area contributed by atoms with E-state index < -0.39 is 0 Å². The molecule has 1 aromatic heterocycles. The van der Waals surface area contributed by atoms with Crippen LogP contribution in [0.1, 0.15) is 29.2 Å². The fraction of sp³-hybridized carbons (Fsp3) is 0.360. The van der Waals surface area contributed by atoms with Gasteiger partial charge in [-0.2, -0.15) is 5.26 Å². The van der Waals surface area contributed by atoms with Crippen molar-refractivity contribution in [2.75, 3.05) is 37.6 Å². The van der Waals surface area contributed by atoms with Crippen LogP contribution in [0.25, 0.3) is 6.08 Å². The van der Waals surface area contributed by atoms with Crippen molar-refractivity contribution >= 4 is 57.7 Å². The minimum absolute atomic E-state index is 0.0845. The molecule has 7 nitrogen and oxygen atoms in total. The molecule has 0 bridgehead atoms. The van der Waals surface area contributed by atoms with Gasteiger partial charge in [0.2, 0.25) is 0 Å². The summed E-state index contributed by atoms with van der Waals surface area (Å²) in [5.74, 6) is 0.507. The molecule has 0 unspecified atom stereocenters. The molecule has 10 heteroatoms. The van der Waals surface area contributed by atoms with Crippen LogP contribution in [0.4, 0.5) is 5.82 Å². The Morgan fingerprint density at radius 1 is 1.20 bits per heavy atom. The molecule has 0 spiro atoms. The van der Waals surface area contributed by atoms with Crippen LogP contribution < -0.4 is 10.5 Å². The fourth-order valence-corrected chi connectivity index (χ4v) is 5.87. The Hall–Kier alpha value is -2.64. The number of carbonyl (C=O) groups excluding carboxylic acids is 1. The highest BCUT2D eigenvalue weighted by Gasteiger charge is 2.33. The molecule has 0 atom stereocenters. The largest absolute Gasteiger partial charge is 0.355 e. The molecule has 0 aliphatic carbocycles. The highest BCUT2D eigenvalue weighted by molar-refractivity contribution is 8.26. The first kappa shape index (κ1) is 25.5. The first-order valence-electron chi connectivity index (χ1n) is 11.4. The van der Waals surface area contributed by atoms with Crippen molar-refractivity contribution < 1.29 is 4.79 Å². The third-order valence-electron chi connectivity index (χ3n) is 6.52. The lowest BCUT2D eigenvalue weighted by Gasteiger charge is -2.37. The summed E-state index contributed by atoms with van der Waals surface area (Å²) in [6, 6.07) is 9.42. The van der Waals surface area contributed by atoms with Gasteiger partial charge in [0, 0.05) is 43.8 Å². The number of thioether (sulfide) groups is 1. The molecular weight excluding hydrogens is 502 g/mol. The number of pyridine rings is 1. The van der Waals surface area contributed by atoms with E-state index in [0.717, 1.165) is 44.1 Å². The maximum atomic E-state index is 13.4. The highest BCUT2D eigenvalue weighted by Crippen LogP contribution is 2.37. The second-order valence-corrected chi connectivity index (χ2v) is 10.6. The quantitative estimate of drug-likeness (QED) is 0.433. The smallest absolute Gasteiger partial charge is 0.270 e. The summed E-state index contributed by atoms with van der Waals surface area (Å²) in [6.07, 6.45) is 1.78. The summed E-state index contributed by atoms with van der Waals surface area (Å²) in [7, 11) is 1.68. The second-order valence-electron chi connectivity index (χ2n) is 8.49. The van der Waals surface area contributed by atoms with Gasteiger partial charge in [-0.25, -0.2) is 0 Å². The molecule has 0 radical (unpaired) electrons. The molecule has 2 fully saturated rings. The number of piperazine rings is 1. The predicted molar refractivity (Wildman–Crippen MR) is 146 cm³/mol. The number of nitrogens with zero attached hydrogens (tertiary/aromatic N) is 5. The Kier molecular flexibility index (Phi) is 7.67. The van der Waals surface area contributed by atoms with Crippen LogP contribution in [-0.2, 0) is 18.4 Å². The van der Waals surface area contributed by atoms with E-state index in [9.17, 15) is 14.9 Å². The van der Waals surface area contributed by atoms with E-state index in [1.807, 2.05) is 18.2 Å². The van der Waals surface area contributed by atoms with E-state index in [4.69, 9.17) is 23.8 Å². The molecule has 2 aromatic rings. The number of amides is 1. The second kappa shape index (κ2) is 10.5. The zero-order chi connectivity index (χ0) is 25.3. The number of aromatic nitrogens is 1. The third kappa shape index (κ3) is 4.89. The van der Waals surface area contributed by atoms with Crippen molar-refractivity contribution in [1.82, 2.24) is 14.4 Å². The van der Waals surface area contributed by atoms with Gasteiger partial charge in [0.05, 0.1) is 11.4 Å². The van der Waals surface area contributed by atoms with Gasteiger partial charge in [-0.05, 0) is 36.7 Å².